The summed E-state index contributed by atoms with van der Waals surface area (Å²) >= 11 is 0. The lowest BCUT2D eigenvalue weighted by Crippen LogP contribution is -2.22. The van der Waals surface area contributed by atoms with Crippen LogP contribution in [0.25, 0.3) is 0 Å². The summed E-state index contributed by atoms with van der Waals surface area (Å²) in [7, 11) is 1.91. The third-order valence-corrected chi connectivity index (χ3v) is 2.98. The number of nitrogens with zero attached hydrogens (tertiary/aromatic N) is 4. The molecule has 0 bridgehead atoms. The van der Waals surface area contributed by atoms with Gasteiger partial charge in [-0.25, -0.2) is 9.99 Å². The van der Waals surface area contributed by atoms with Gasteiger partial charge in [-0.15, -0.1) is 0 Å². The van der Waals surface area contributed by atoms with E-state index in [1.807, 2.05) is 17.8 Å². The van der Waals surface area contributed by atoms with E-state index in [0.29, 0.717) is 12.3 Å². The van der Waals surface area contributed by atoms with Gasteiger partial charge < -0.3 is 4.57 Å². The molecule has 1 aliphatic carbocycles. The highest BCUT2D eigenvalue weighted by atomic mass is 16.2. The van der Waals surface area contributed by atoms with E-state index < -0.39 is 0 Å². The Kier molecular flexibility index (Phi) is 2.05. The number of amides is 1. The Morgan fingerprint density at radius 1 is 1.50 bits per heavy atom. The van der Waals surface area contributed by atoms with E-state index in [9.17, 15) is 4.79 Å². The van der Waals surface area contributed by atoms with Crippen molar-refractivity contribution in [3.8, 4) is 0 Å². The van der Waals surface area contributed by atoms with Gasteiger partial charge in [0.1, 0.15) is 5.69 Å². The van der Waals surface area contributed by atoms with E-state index in [0.717, 1.165) is 18.0 Å². The number of hydrogen-bond acceptors (Lipinski definition) is 3. The maximum absolute atomic E-state index is 11.7. The minimum atomic E-state index is 0.104. The summed E-state index contributed by atoms with van der Waals surface area (Å²) in [6, 6.07) is 0. The normalized spacial score (nSPS) is 20.4. The van der Waals surface area contributed by atoms with Crippen molar-refractivity contribution in [2.24, 2.45) is 18.1 Å². The van der Waals surface area contributed by atoms with Crippen molar-refractivity contribution in [3.05, 3.63) is 18.2 Å². The van der Waals surface area contributed by atoms with Gasteiger partial charge in [-0.1, -0.05) is 0 Å². The molecule has 2 heterocycles. The van der Waals surface area contributed by atoms with Crippen molar-refractivity contribution < 1.29 is 4.79 Å². The van der Waals surface area contributed by atoms with Crippen molar-refractivity contribution in [1.82, 2.24) is 14.6 Å². The quantitative estimate of drug-likeness (QED) is 0.752. The Hall–Kier alpha value is -1.65. The molecule has 1 amide bonds. The molecule has 16 heavy (non-hydrogen) atoms. The fourth-order valence-electron chi connectivity index (χ4n) is 1.86. The van der Waals surface area contributed by atoms with Crippen LogP contribution in [0.5, 0.6) is 0 Å². The first-order valence-electron chi connectivity index (χ1n) is 5.58. The topological polar surface area (TPSA) is 50.5 Å². The standard InChI is InChI=1S/C11H14N4O/c1-14-6-10(12-7-14)9-4-11(16)15(13-9)5-8-2-3-8/h6-8H,2-5H2,1H3. The Balaban J connectivity index is 1.78. The van der Waals surface area contributed by atoms with E-state index in [2.05, 4.69) is 10.1 Å². The number of aromatic nitrogens is 2. The number of carbonyl (C=O) groups excluding carboxylic acids is 1. The molecule has 0 N–H and O–H groups in total. The second-order valence-corrected chi connectivity index (χ2v) is 4.57. The van der Waals surface area contributed by atoms with Crippen molar-refractivity contribution >= 4 is 11.6 Å². The molecule has 2 aliphatic rings. The molecule has 5 heteroatoms. The van der Waals surface area contributed by atoms with Crippen LogP contribution in [0.1, 0.15) is 25.0 Å². The van der Waals surface area contributed by atoms with Crippen LogP contribution in [-0.2, 0) is 11.8 Å². The maximum atomic E-state index is 11.7. The zero-order valence-electron chi connectivity index (χ0n) is 9.26. The summed E-state index contributed by atoms with van der Waals surface area (Å²) in [4.78, 5) is 15.9. The van der Waals surface area contributed by atoms with Gasteiger partial charge in [0.25, 0.3) is 0 Å². The van der Waals surface area contributed by atoms with E-state index in [1.165, 1.54) is 12.8 Å². The summed E-state index contributed by atoms with van der Waals surface area (Å²) in [5.74, 6) is 0.781. The largest absolute Gasteiger partial charge is 0.340 e. The lowest BCUT2D eigenvalue weighted by molar-refractivity contribution is -0.128. The molecule has 0 atom stereocenters. The predicted molar refractivity (Wildman–Crippen MR) is 58.8 cm³/mol. The van der Waals surface area contributed by atoms with Crippen molar-refractivity contribution in [2.45, 2.75) is 19.3 Å². The summed E-state index contributed by atoms with van der Waals surface area (Å²) in [5, 5.41) is 5.97. The summed E-state index contributed by atoms with van der Waals surface area (Å²) < 4.78 is 1.87. The molecular formula is C11H14N4O. The Morgan fingerprint density at radius 3 is 2.94 bits per heavy atom. The van der Waals surface area contributed by atoms with Crippen molar-refractivity contribution in [1.29, 1.82) is 0 Å². The Morgan fingerprint density at radius 2 is 2.31 bits per heavy atom. The van der Waals surface area contributed by atoms with Crippen LogP contribution in [0, 0.1) is 5.92 Å². The maximum Gasteiger partial charge on any atom is 0.248 e. The number of hydrazone groups is 1. The first kappa shape index (κ1) is 9.57. The number of rotatable bonds is 3. The van der Waals surface area contributed by atoms with Gasteiger partial charge in [0.05, 0.1) is 18.5 Å². The van der Waals surface area contributed by atoms with Crippen molar-refractivity contribution in [2.75, 3.05) is 6.54 Å². The van der Waals surface area contributed by atoms with E-state index in [4.69, 9.17) is 0 Å². The Bertz CT molecular complexity index is 458. The van der Waals surface area contributed by atoms with Gasteiger partial charge in [-0.3, -0.25) is 4.79 Å². The lowest BCUT2D eigenvalue weighted by Gasteiger charge is -2.09. The van der Waals surface area contributed by atoms with E-state index in [-0.39, 0.29) is 5.91 Å². The van der Waals surface area contributed by atoms with Crippen LogP contribution in [0.15, 0.2) is 17.6 Å². The second-order valence-electron chi connectivity index (χ2n) is 4.57. The number of imidazole rings is 1. The summed E-state index contributed by atoms with van der Waals surface area (Å²) in [6.07, 6.45) is 6.48. The fraction of sp³-hybridized carbons (Fsp3) is 0.545. The lowest BCUT2D eigenvalue weighted by atomic mass is 10.2. The highest BCUT2D eigenvalue weighted by Crippen LogP contribution is 2.31. The molecule has 0 aromatic carbocycles. The second kappa shape index (κ2) is 3.43. The van der Waals surface area contributed by atoms with Gasteiger partial charge in [0.2, 0.25) is 5.91 Å². The van der Waals surface area contributed by atoms with Gasteiger partial charge in [0.15, 0.2) is 0 Å². The molecule has 1 fully saturated rings. The molecule has 84 valence electrons. The van der Waals surface area contributed by atoms with Crippen LogP contribution in [0.3, 0.4) is 0 Å². The van der Waals surface area contributed by atoms with Crippen LogP contribution < -0.4 is 0 Å². The predicted octanol–water partition coefficient (Wildman–Crippen LogP) is 0.767. The minimum absolute atomic E-state index is 0.104. The highest BCUT2D eigenvalue weighted by Gasteiger charge is 2.31. The van der Waals surface area contributed by atoms with Gasteiger partial charge in [-0.2, -0.15) is 5.10 Å². The van der Waals surface area contributed by atoms with Crippen molar-refractivity contribution in [3.63, 3.8) is 0 Å². The number of hydrogen-bond donors (Lipinski definition) is 0. The SMILES string of the molecule is Cn1cnc(C2=NN(CC3CC3)C(=O)C2)c1. The van der Waals surface area contributed by atoms with E-state index in [1.54, 1.807) is 11.3 Å². The molecule has 1 saturated carbocycles. The average Bonchev–Trinajstić information content (AvgIpc) is 2.84. The average molecular weight is 218 g/mol. The number of carbonyl (C=O) groups is 1. The Labute approximate surface area is 93.8 Å². The fourth-order valence-corrected chi connectivity index (χ4v) is 1.86. The zero-order valence-corrected chi connectivity index (χ0v) is 9.26. The van der Waals surface area contributed by atoms with Crippen LogP contribution >= 0.6 is 0 Å². The molecule has 0 spiro atoms. The highest BCUT2D eigenvalue weighted by molar-refractivity contribution is 6.12. The molecule has 0 unspecified atom stereocenters. The number of aryl methyl sites for hydroxylation is 1. The van der Waals surface area contributed by atoms with Crippen LogP contribution in [-0.4, -0.2) is 32.7 Å². The van der Waals surface area contributed by atoms with E-state index >= 15 is 0 Å². The van der Waals surface area contributed by atoms with Gasteiger partial charge in [-0.05, 0) is 18.8 Å². The van der Waals surface area contributed by atoms with Gasteiger partial charge >= 0.3 is 0 Å². The third kappa shape index (κ3) is 1.73. The van der Waals surface area contributed by atoms with Crippen LogP contribution in [0.4, 0.5) is 0 Å². The minimum Gasteiger partial charge on any atom is -0.340 e. The monoisotopic (exact) mass is 218 g/mol. The molecule has 5 nitrogen and oxygen atoms in total. The molecule has 3 rings (SSSR count). The molecule has 0 saturated heterocycles. The first-order valence-corrected chi connectivity index (χ1v) is 5.58. The zero-order chi connectivity index (χ0) is 11.1. The smallest absolute Gasteiger partial charge is 0.248 e. The molecule has 1 aromatic rings. The third-order valence-electron chi connectivity index (χ3n) is 2.98. The molecule has 0 radical (unpaired) electrons. The summed E-state index contributed by atoms with van der Waals surface area (Å²) in [5.41, 5.74) is 1.61. The first-order chi connectivity index (χ1) is 7.72. The van der Waals surface area contributed by atoms with Crippen LogP contribution in [0.2, 0.25) is 0 Å². The molecule has 1 aromatic heterocycles. The molecule has 1 aliphatic heterocycles. The summed E-state index contributed by atoms with van der Waals surface area (Å²) in [6.45, 7) is 0.787. The van der Waals surface area contributed by atoms with Gasteiger partial charge in [0, 0.05) is 19.8 Å². The molecular weight excluding hydrogens is 204 g/mol.